The third kappa shape index (κ3) is 3.85. The Kier molecular flexibility index (Phi) is 4.69. The van der Waals surface area contributed by atoms with Crippen LogP contribution in [0, 0.1) is 5.92 Å². The van der Waals surface area contributed by atoms with E-state index in [0.717, 1.165) is 0 Å². The normalized spacial score (nSPS) is 12.5. The molecule has 0 radical (unpaired) electrons. The van der Waals surface area contributed by atoms with Crippen LogP contribution in [0.5, 0.6) is 0 Å². The smallest absolute Gasteiger partial charge is 0.240 e. The van der Waals surface area contributed by atoms with Gasteiger partial charge in [0.15, 0.2) is 0 Å². The molecule has 0 aliphatic carbocycles. The fourth-order valence-electron chi connectivity index (χ4n) is 1.42. The van der Waals surface area contributed by atoms with Crippen LogP contribution in [0.4, 0.5) is 5.82 Å². The van der Waals surface area contributed by atoms with Crippen molar-refractivity contribution in [2.24, 2.45) is 11.7 Å². The molecule has 1 unspecified atom stereocenters. The van der Waals surface area contributed by atoms with Crippen LogP contribution in [0.25, 0.3) is 0 Å². The topological polar surface area (TPSA) is 80.9 Å². The molecule has 1 heterocycles. The van der Waals surface area contributed by atoms with Crippen molar-refractivity contribution >= 4 is 23.3 Å². The number of primary amides is 1. The van der Waals surface area contributed by atoms with Gasteiger partial charge in [0.2, 0.25) is 5.91 Å². The summed E-state index contributed by atoms with van der Waals surface area (Å²) in [6.07, 6.45) is 0.679. The highest BCUT2D eigenvalue weighted by molar-refractivity contribution is 6.29. The van der Waals surface area contributed by atoms with E-state index >= 15 is 0 Å². The van der Waals surface area contributed by atoms with E-state index in [-0.39, 0.29) is 5.92 Å². The fourth-order valence-corrected chi connectivity index (χ4v) is 1.62. The maximum Gasteiger partial charge on any atom is 0.240 e. The van der Waals surface area contributed by atoms with E-state index in [0.29, 0.717) is 23.2 Å². The molecular weight excluding hydrogens is 240 g/mol. The molecule has 17 heavy (non-hydrogen) atoms. The summed E-state index contributed by atoms with van der Waals surface area (Å²) in [6, 6.07) is 1.12. The van der Waals surface area contributed by atoms with Crippen molar-refractivity contribution in [3.63, 3.8) is 0 Å². The SMILES string of the molecule is CCc1nc(Cl)cc(NC(C(N)=O)C(C)C)n1. The summed E-state index contributed by atoms with van der Waals surface area (Å²) in [5.41, 5.74) is 5.32. The average Bonchev–Trinajstić information content (AvgIpc) is 2.24. The van der Waals surface area contributed by atoms with E-state index in [9.17, 15) is 4.79 Å². The molecule has 0 aliphatic rings. The molecule has 1 aromatic heterocycles. The van der Waals surface area contributed by atoms with E-state index in [1.165, 1.54) is 0 Å². The summed E-state index contributed by atoms with van der Waals surface area (Å²) in [7, 11) is 0. The van der Waals surface area contributed by atoms with Crippen LogP contribution in [0.3, 0.4) is 0 Å². The number of nitrogens with two attached hydrogens (primary N) is 1. The van der Waals surface area contributed by atoms with Gasteiger partial charge in [-0.05, 0) is 5.92 Å². The van der Waals surface area contributed by atoms with Crippen LogP contribution >= 0.6 is 11.6 Å². The van der Waals surface area contributed by atoms with Crippen molar-refractivity contribution < 1.29 is 4.79 Å². The molecule has 0 saturated heterocycles. The highest BCUT2D eigenvalue weighted by Gasteiger charge is 2.19. The zero-order valence-corrected chi connectivity index (χ0v) is 11.0. The lowest BCUT2D eigenvalue weighted by atomic mass is 10.0. The number of rotatable bonds is 5. The van der Waals surface area contributed by atoms with Crippen molar-refractivity contribution in [2.75, 3.05) is 5.32 Å². The van der Waals surface area contributed by atoms with Crippen molar-refractivity contribution in [3.05, 3.63) is 17.0 Å². The molecule has 1 atom stereocenters. The Hall–Kier alpha value is -1.36. The largest absolute Gasteiger partial charge is 0.368 e. The van der Waals surface area contributed by atoms with E-state index < -0.39 is 11.9 Å². The first kappa shape index (κ1) is 13.7. The molecule has 94 valence electrons. The summed E-state index contributed by atoms with van der Waals surface area (Å²) >= 11 is 5.86. The average molecular weight is 257 g/mol. The first-order valence-corrected chi connectivity index (χ1v) is 5.91. The van der Waals surface area contributed by atoms with Crippen molar-refractivity contribution in [3.8, 4) is 0 Å². The van der Waals surface area contributed by atoms with Gasteiger partial charge in [-0.15, -0.1) is 0 Å². The van der Waals surface area contributed by atoms with Gasteiger partial charge < -0.3 is 11.1 Å². The molecule has 6 heteroatoms. The van der Waals surface area contributed by atoms with Crippen molar-refractivity contribution in [1.29, 1.82) is 0 Å². The molecule has 0 aliphatic heterocycles. The lowest BCUT2D eigenvalue weighted by molar-refractivity contribution is -0.119. The Morgan fingerprint density at radius 2 is 2.18 bits per heavy atom. The molecule has 5 nitrogen and oxygen atoms in total. The molecule has 3 N–H and O–H groups in total. The summed E-state index contributed by atoms with van der Waals surface area (Å²) in [6.45, 7) is 5.75. The number of nitrogens with zero attached hydrogens (tertiary/aromatic N) is 2. The second kappa shape index (κ2) is 5.82. The quantitative estimate of drug-likeness (QED) is 0.785. The van der Waals surface area contributed by atoms with E-state index in [1.54, 1.807) is 6.07 Å². The Labute approximate surface area is 106 Å². The van der Waals surface area contributed by atoms with E-state index in [2.05, 4.69) is 15.3 Å². The molecule has 0 fully saturated rings. The summed E-state index contributed by atoms with van der Waals surface area (Å²) in [5.74, 6) is 0.824. The third-order valence-electron chi connectivity index (χ3n) is 2.33. The number of carbonyl (C=O) groups excluding carboxylic acids is 1. The zero-order chi connectivity index (χ0) is 13.0. The highest BCUT2D eigenvalue weighted by Crippen LogP contribution is 2.15. The lowest BCUT2D eigenvalue weighted by Crippen LogP contribution is -2.39. The minimum atomic E-state index is -0.467. The molecule has 0 bridgehead atoms. The number of hydrogen-bond donors (Lipinski definition) is 2. The number of hydrogen-bond acceptors (Lipinski definition) is 4. The van der Waals surface area contributed by atoms with Gasteiger partial charge in [-0.1, -0.05) is 32.4 Å². The van der Waals surface area contributed by atoms with Gasteiger partial charge in [-0.3, -0.25) is 4.79 Å². The van der Waals surface area contributed by atoms with Crippen LogP contribution < -0.4 is 11.1 Å². The second-order valence-electron chi connectivity index (χ2n) is 4.11. The molecule has 0 spiro atoms. The van der Waals surface area contributed by atoms with Gasteiger partial charge in [-0.25, -0.2) is 9.97 Å². The number of carbonyl (C=O) groups is 1. The van der Waals surface area contributed by atoms with Crippen LogP contribution in [0.15, 0.2) is 6.07 Å². The number of anilines is 1. The van der Waals surface area contributed by atoms with Gasteiger partial charge in [0.25, 0.3) is 0 Å². The van der Waals surface area contributed by atoms with Crippen molar-refractivity contribution in [1.82, 2.24) is 9.97 Å². The standard InChI is InChI=1S/C11H17ClN4O/c1-4-8-14-7(12)5-9(15-8)16-10(6(2)3)11(13)17/h5-6,10H,4H2,1-3H3,(H2,13,17)(H,14,15,16). The Morgan fingerprint density at radius 1 is 1.53 bits per heavy atom. The van der Waals surface area contributed by atoms with Gasteiger partial charge in [0.1, 0.15) is 22.8 Å². The maximum atomic E-state index is 11.3. The molecule has 1 amide bonds. The highest BCUT2D eigenvalue weighted by atomic mass is 35.5. The van der Waals surface area contributed by atoms with Gasteiger partial charge in [-0.2, -0.15) is 0 Å². The monoisotopic (exact) mass is 256 g/mol. The summed E-state index contributed by atoms with van der Waals surface area (Å²) in [5, 5.41) is 3.34. The predicted octanol–water partition coefficient (Wildman–Crippen LogP) is 1.61. The van der Waals surface area contributed by atoms with Gasteiger partial charge in [0, 0.05) is 12.5 Å². The molecule has 1 aromatic rings. The Bertz CT molecular complexity index is 408. The molecular formula is C11H17ClN4O. The van der Waals surface area contributed by atoms with Crippen LogP contribution in [0.2, 0.25) is 5.15 Å². The fraction of sp³-hybridized carbons (Fsp3) is 0.545. The number of aromatic nitrogens is 2. The van der Waals surface area contributed by atoms with Crippen LogP contribution in [-0.2, 0) is 11.2 Å². The Morgan fingerprint density at radius 3 is 2.65 bits per heavy atom. The zero-order valence-electron chi connectivity index (χ0n) is 10.2. The van der Waals surface area contributed by atoms with Gasteiger partial charge >= 0.3 is 0 Å². The predicted molar refractivity (Wildman–Crippen MR) is 67.9 cm³/mol. The van der Waals surface area contributed by atoms with Gasteiger partial charge in [0.05, 0.1) is 0 Å². The van der Waals surface area contributed by atoms with Crippen LogP contribution in [0.1, 0.15) is 26.6 Å². The summed E-state index contributed by atoms with van der Waals surface area (Å²) < 4.78 is 0. The molecule has 0 aromatic carbocycles. The molecule has 0 saturated carbocycles. The number of aryl methyl sites for hydroxylation is 1. The number of nitrogens with one attached hydrogen (secondary N) is 1. The van der Waals surface area contributed by atoms with E-state index in [1.807, 2.05) is 20.8 Å². The number of halogens is 1. The number of amides is 1. The minimum absolute atomic E-state index is 0.0753. The summed E-state index contributed by atoms with van der Waals surface area (Å²) in [4.78, 5) is 19.6. The minimum Gasteiger partial charge on any atom is -0.368 e. The second-order valence-corrected chi connectivity index (χ2v) is 4.50. The van der Waals surface area contributed by atoms with E-state index in [4.69, 9.17) is 17.3 Å². The van der Waals surface area contributed by atoms with Crippen LogP contribution in [-0.4, -0.2) is 21.9 Å². The first-order valence-electron chi connectivity index (χ1n) is 5.53. The third-order valence-corrected chi connectivity index (χ3v) is 2.53. The Balaban J connectivity index is 2.93. The van der Waals surface area contributed by atoms with Crippen molar-refractivity contribution in [2.45, 2.75) is 33.2 Å². The maximum absolute atomic E-state index is 11.3. The molecule has 1 rings (SSSR count). The first-order chi connectivity index (χ1) is 7.93. The lowest BCUT2D eigenvalue weighted by Gasteiger charge is -2.19.